The standard InChI is InChI=1S/C36H32N4O/c1-26-33(23-37-35(41)32-24-39-22-12-14-27-13-11-21-31(32)34(27)39)38-25-40(26)36(28-15-5-2-6-16-28,29-17-7-3-8-18-29)30-19-9-4-10-20-30/h2-11,13,15-21,24-25H,12,14,22-23H2,1H3,(H,37,41). The van der Waals surface area contributed by atoms with Crippen molar-refractivity contribution in [3.05, 3.63) is 161 Å². The molecule has 41 heavy (non-hydrogen) atoms. The van der Waals surface area contributed by atoms with Crippen molar-refractivity contribution in [2.75, 3.05) is 0 Å². The fourth-order valence-corrected chi connectivity index (χ4v) is 6.61. The third kappa shape index (κ3) is 4.08. The van der Waals surface area contributed by atoms with Gasteiger partial charge >= 0.3 is 0 Å². The van der Waals surface area contributed by atoms with E-state index in [1.807, 2.05) is 30.7 Å². The number of carbonyl (C=O) groups excluding carboxylic acids is 1. The molecule has 5 nitrogen and oxygen atoms in total. The summed E-state index contributed by atoms with van der Waals surface area (Å²) in [6.45, 7) is 3.39. The molecular weight excluding hydrogens is 504 g/mol. The topological polar surface area (TPSA) is 51.9 Å². The summed E-state index contributed by atoms with van der Waals surface area (Å²) in [6.07, 6.45) is 6.10. The molecule has 0 saturated heterocycles. The van der Waals surface area contributed by atoms with Crippen molar-refractivity contribution in [3.63, 3.8) is 0 Å². The number of amides is 1. The zero-order chi connectivity index (χ0) is 27.8. The first-order chi connectivity index (χ1) is 20.2. The molecule has 3 heterocycles. The van der Waals surface area contributed by atoms with Crippen molar-refractivity contribution in [3.8, 4) is 0 Å². The highest BCUT2D eigenvalue weighted by Gasteiger charge is 2.39. The minimum Gasteiger partial charge on any atom is -0.346 e. The van der Waals surface area contributed by atoms with Crippen LogP contribution in [0.3, 0.4) is 0 Å². The molecule has 0 fully saturated rings. The van der Waals surface area contributed by atoms with Gasteiger partial charge in [0.15, 0.2) is 0 Å². The predicted octanol–water partition coefficient (Wildman–Crippen LogP) is 6.86. The van der Waals surface area contributed by atoms with Crippen LogP contribution in [0, 0.1) is 6.92 Å². The lowest BCUT2D eigenvalue weighted by Gasteiger charge is -2.38. The summed E-state index contributed by atoms with van der Waals surface area (Å²) in [7, 11) is 0. The van der Waals surface area contributed by atoms with Gasteiger partial charge in [-0.15, -0.1) is 0 Å². The van der Waals surface area contributed by atoms with Gasteiger partial charge in [-0.05, 0) is 42.0 Å². The zero-order valence-electron chi connectivity index (χ0n) is 23.1. The van der Waals surface area contributed by atoms with Gasteiger partial charge in [0, 0.05) is 23.8 Å². The molecule has 5 heteroatoms. The van der Waals surface area contributed by atoms with E-state index >= 15 is 0 Å². The number of nitrogens with one attached hydrogen (secondary N) is 1. The van der Waals surface area contributed by atoms with Crippen molar-refractivity contribution < 1.29 is 4.79 Å². The number of hydrogen-bond acceptors (Lipinski definition) is 2. The molecule has 0 unspecified atom stereocenters. The SMILES string of the molecule is Cc1c(CNC(=O)c2cn3c4c(cccc24)CCC3)ncn1C(c1ccccc1)(c1ccccc1)c1ccccc1. The molecular formula is C36H32N4O. The Morgan fingerprint density at radius 3 is 2.05 bits per heavy atom. The molecule has 6 aromatic rings. The first-order valence-corrected chi connectivity index (χ1v) is 14.3. The molecule has 0 saturated carbocycles. The maximum Gasteiger partial charge on any atom is 0.253 e. The van der Waals surface area contributed by atoms with Gasteiger partial charge < -0.3 is 14.5 Å². The Morgan fingerprint density at radius 1 is 0.829 bits per heavy atom. The molecule has 1 amide bonds. The summed E-state index contributed by atoms with van der Waals surface area (Å²) in [5.74, 6) is -0.0674. The van der Waals surface area contributed by atoms with E-state index in [0.29, 0.717) is 6.54 Å². The van der Waals surface area contributed by atoms with Crippen molar-refractivity contribution >= 4 is 16.8 Å². The monoisotopic (exact) mass is 536 g/mol. The van der Waals surface area contributed by atoms with E-state index in [9.17, 15) is 4.79 Å². The van der Waals surface area contributed by atoms with Crippen LogP contribution in [0.25, 0.3) is 10.9 Å². The molecule has 202 valence electrons. The second-order valence-electron chi connectivity index (χ2n) is 10.8. The van der Waals surface area contributed by atoms with Crippen LogP contribution in [-0.2, 0) is 25.0 Å². The third-order valence-electron chi connectivity index (χ3n) is 8.53. The molecule has 1 N–H and O–H groups in total. The van der Waals surface area contributed by atoms with E-state index in [4.69, 9.17) is 4.98 Å². The summed E-state index contributed by atoms with van der Waals surface area (Å²) in [5.41, 5.74) is 7.89. The lowest BCUT2D eigenvalue weighted by molar-refractivity contribution is 0.0952. The number of rotatable bonds is 7. The number of hydrogen-bond donors (Lipinski definition) is 1. The van der Waals surface area contributed by atoms with Crippen LogP contribution >= 0.6 is 0 Å². The van der Waals surface area contributed by atoms with Crippen LogP contribution in [-0.4, -0.2) is 20.0 Å². The molecule has 0 bridgehead atoms. The normalized spacial score (nSPS) is 12.9. The van der Waals surface area contributed by atoms with E-state index in [1.165, 1.54) is 11.1 Å². The molecule has 2 aromatic heterocycles. The molecule has 1 aliphatic heterocycles. The number of para-hydroxylation sites is 1. The molecule has 0 radical (unpaired) electrons. The highest BCUT2D eigenvalue weighted by molar-refractivity contribution is 6.07. The summed E-state index contributed by atoms with van der Waals surface area (Å²) >= 11 is 0. The Bertz CT molecular complexity index is 1740. The van der Waals surface area contributed by atoms with Crippen molar-refractivity contribution in [1.29, 1.82) is 0 Å². The minimum atomic E-state index is -0.637. The van der Waals surface area contributed by atoms with Crippen molar-refractivity contribution in [2.45, 2.75) is 38.4 Å². The smallest absolute Gasteiger partial charge is 0.253 e. The highest BCUT2D eigenvalue weighted by atomic mass is 16.1. The zero-order valence-corrected chi connectivity index (χ0v) is 23.1. The summed E-state index contributed by atoms with van der Waals surface area (Å²) in [5, 5.41) is 4.21. The molecule has 0 aliphatic carbocycles. The highest BCUT2D eigenvalue weighted by Crippen LogP contribution is 2.42. The van der Waals surface area contributed by atoms with Crippen molar-refractivity contribution in [2.24, 2.45) is 0 Å². The first kappa shape index (κ1) is 25.1. The van der Waals surface area contributed by atoms with Gasteiger partial charge in [0.2, 0.25) is 0 Å². The summed E-state index contributed by atoms with van der Waals surface area (Å²) in [6, 6.07) is 38.0. The first-order valence-electron chi connectivity index (χ1n) is 14.3. The van der Waals surface area contributed by atoms with Gasteiger partial charge in [0.1, 0.15) is 5.54 Å². The number of nitrogens with zero attached hydrogens (tertiary/aromatic N) is 3. The van der Waals surface area contributed by atoms with Gasteiger partial charge in [-0.2, -0.15) is 0 Å². The fraction of sp³-hybridized carbons (Fsp3) is 0.167. The number of aryl methyl sites for hydroxylation is 2. The van der Waals surface area contributed by atoms with Crippen molar-refractivity contribution in [1.82, 2.24) is 19.4 Å². The van der Waals surface area contributed by atoms with E-state index in [1.54, 1.807) is 0 Å². The Hall–Kier alpha value is -4.90. The van der Waals surface area contributed by atoms with Crippen LogP contribution < -0.4 is 5.32 Å². The number of benzene rings is 4. The third-order valence-corrected chi connectivity index (χ3v) is 8.53. The largest absolute Gasteiger partial charge is 0.346 e. The second kappa shape index (κ2) is 10.3. The van der Waals surface area contributed by atoms with E-state index < -0.39 is 5.54 Å². The molecule has 4 aromatic carbocycles. The van der Waals surface area contributed by atoms with Crippen LogP contribution in [0.5, 0.6) is 0 Å². The van der Waals surface area contributed by atoms with Crippen LogP contribution in [0.1, 0.15) is 50.4 Å². The van der Waals surface area contributed by atoms with Gasteiger partial charge in [-0.3, -0.25) is 4.79 Å². The fourth-order valence-electron chi connectivity index (χ4n) is 6.61. The van der Waals surface area contributed by atoms with Gasteiger partial charge in [0.25, 0.3) is 5.91 Å². The predicted molar refractivity (Wildman–Crippen MR) is 163 cm³/mol. The Kier molecular flexibility index (Phi) is 6.27. The number of carbonyl (C=O) groups is 1. The molecule has 7 rings (SSSR count). The Labute approximate surface area is 240 Å². The quantitative estimate of drug-likeness (QED) is 0.227. The average molecular weight is 537 g/mol. The van der Waals surface area contributed by atoms with Gasteiger partial charge in [-0.1, -0.05) is 109 Å². The summed E-state index contributed by atoms with van der Waals surface area (Å²) < 4.78 is 4.49. The van der Waals surface area contributed by atoms with Crippen LogP contribution in [0.4, 0.5) is 0 Å². The lowest BCUT2D eigenvalue weighted by Crippen LogP contribution is -2.38. The lowest BCUT2D eigenvalue weighted by atomic mass is 9.76. The van der Waals surface area contributed by atoms with Crippen LogP contribution in [0.2, 0.25) is 0 Å². The number of imidazole rings is 1. The number of aromatic nitrogens is 3. The van der Waals surface area contributed by atoms with Crippen LogP contribution in [0.15, 0.2) is 122 Å². The Balaban J connectivity index is 1.29. The maximum atomic E-state index is 13.5. The molecule has 1 aliphatic rings. The minimum absolute atomic E-state index is 0.0674. The second-order valence-corrected chi connectivity index (χ2v) is 10.8. The maximum absolute atomic E-state index is 13.5. The molecule has 0 spiro atoms. The average Bonchev–Trinajstić information content (AvgIpc) is 3.60. The van der Waals surface area contributed by atoms with Gasteiger partial charge in [-0.25, -0.2) is 4.98 Å². The van der Waals surface area contributed by atoms with E-state index in [2.05, 4.69) is 112 Å². The van der Waals surface area contributed by atoms with Gasteiger partial charge in [0.05, 0.1) is 29.6 Å². The molecule has 0 atom stereocenters. The Morgan fingerprint density at radius 2 is 1.44 bits per heavy atom. The van der Waals surface area contributed by atoms with E-state index in [-0.39, 0.29) is 5.91 Å². The summed E-state index contributed by atoms with van der Waals surface area (Å²) in [4.78, 5) is 18.4. The van der Waals surface area contributed by atoms with E-state index in [0.717, 1.165) is 58.4 Å².